The molecule has 60 valence electrons. The topological polar surface area (TPSA) is 23.5 Å². The van der Waals surface area contributed by atoms with E-state index in [1.54, 1.807) is 11.8 Å². The highest BCUT2D eigenvalue weighted by Gasteiger charge is 2.44. The molecule has 0 aromatic rings. The Bertz CT molecular complexity index is 129. The molecule has 1 aliphatic rings. The van der Waals surface area contributed by atoms with E-state index in [1.807, 2.05) is 13.8 Å². The summed E-state index contributed by atoms with van der Waals surface area (Å²) in [5.41, 5.74) is -0.0613. The minimum atomic E-state index is -0.108. The first kappa shape index (κ1) is 8.37. The van der Waals surface area contributed by atoms with Gasteiger partial charge in [-0.2, -0.15) is 5.06 Å². The van der Waals surface area contributed by atoms with Gasteiger partial charge in [-0.05, 0) is 27.7 Å². The first-order valence-electron chi connectivity index (χ1n) is 3.49. The molecule has 1 fully saturated rings. The Morgan fingerprint density at radius 2 is 1.80 bits per heavy atom. The molecular weight excluding hydrogens is 146 g/mol. The van der Waals surface area contributed by atoms with Crippen LogP contribution >= 0.6 is 11.8 Å². The Balaban J connectivity index is 2.77. The molecule has 0 radical (unpaired) electrons. The Hall–Kier alpha value is 0.270. The molecule has 0 aliphatic carbocycles. The lowest BCUT2D eigenvalue weighted by Crippen LogP contribution is -2.45. The SMILES string of the molecule is CC1(C)CSC(C)(C)N1O. The summed E-state index contributed by atoms with van der Waals surface area (Å²) >= 11 is 1.79. The average molecular weight is 161 g/mol. The van der Waals surface area contributed by atoms with E-state index in [0.29, 0.717) is 0 Å². The molecule has 0 amide bonds. The van der Waals surface area contributed by atoms with Crippen molar-refractivity contribution >= 4 is 11.8 Å². The van der Waals surface area contributed by atoms with Crippen molar-refractivity contribution in [2.24, 2.45) is 0 Å². The summed E-state index contributed by atoms with van der Waals surface area (Å²) in [5.74, 6) is 0.997. The molecule has 1 rings (SSSR count). The van der Waals surface area contributed by atoms with Crippen molar-refractivity contribution in [3.05, 3.63) is 0 Å². The highest BCUT2D eigenvalue weighted by Crippen LogP contribution is 2.42. The van der Waals surface area contributed by atoms with Crippen molar-refractivity contribution in [3.63, 3.8) is 0 Å². The van der Waals surface area contributed by atoms with Gasteiger partial charge in [0.2, 0.25) is 0 Å². The fourth-order valence-corrected chi connectivity index (χ4v) is 2.40. The van der Waals surface area contributed by atoms with Crippen molar-refractivity contribution in [3.8, 4) is 0 Å². The van der Waals surface area contributed by atoms with E-state index in [-0.39, 0.29) is 10.4 Å². The van der Waals surface area contributed by atoms with Crippen LogP contribution in [0.2, 0.25) is 0 Å². The van der Waals surface area contributed by atoms with Gasteiger partial charge in [-0.1, -0.05) is 0 Å². The summed E-state index contributed by atoms with van der Waals surface area (Å²) in [6.07, 6.45) is 0. The summed E-state index contributed by atoms with van der Waals surface area (Å²) in [6.45, 7) is 8.17. The van der Waals surface area contributed by atoms with Crippen molar-refractivity contribution in [1.29, 1.82) is 0 Å². The number of hydroxylamine groups is 2. The van der Waals surface area contributed by atoms with Gasteiger partial charge < -0.3 is 5.21 Å². The summed E-state index contributed by atoms with van der Waals surface area (Å²) in [7, 11) is 0. The van der Waals surface area contributed by atoms with Gasteiger partial charge in [-0.25, -0.2) is 0 Å². The van der Waals surface area contributed by atoms with Gasteiger partial charge in [0, 0.05) is 5.75 Å². The van der Waals surface area contributed by atoms with Gasteiger partial charge in [0.1, 0.15) is 0 Å². The highest BCUT2D eigenvalue weighted by atomic mass is 32.2. The molecule has 10 heavy (non-hydrogen) atoms. The van der Waals surface area contributed by atoms with Crippen molar-refractivity contribution in [2.75, 3.05) is 5.75 Å². The monoisotopic (exact) mass is 161 g/mol. The zero-order valence-electron chi connectivity index (χ0n) is 7.01. The summed E-state index contributed by atoms with van der Waals surface area (Å²) in [4.78, 5) is -0.108. The van der Waals surface area contributed by atoms with Crippen LogP contribution in [0, 0.1) is 0 Å². The Morgan fingerprint density at radius 3 is 1.90 bits per heavy atom. The van der Waals surface area contributed by atoms with Crippen molar-refractivity contribution in [2.45, 2.75) is 38.1 Å². The number of thioether (sulfide) groups is 1. The van der Waals surface area contributed by atoms with Crippen LogP contribution in [0.3, 0.4) is 0 Å². The third-order valence-electron chi connectivity index (χ3n) is 1.86. The lowest BCUT2D eigenvalue weighted by Gasteiger charge is -2.32. The van der Waals surface area contributed by atoms with Gasteiger partial charge >= 0.3 is 0 Å². The molecule has 0 saturated carbocycles. The van der Waals surface area contributed by atoms with E-state index in [4.69, 9.17) is 0 Å². The number of nitrogens with zero attached hydrogens (tertiary/aromatic N) is 1. The normalized spacial score (nSPS) is 30.9. The second kappa shape index (κ2) is 2.13. The predicted molar refractivity (Wildman–Crippen MR) is 44.2 cm³/mol. The number of rotatable bonds is 0. The first-order chi connectivity index (χ1) is 4.36. The zero-order chi connectivity index (χ0) is 7.99. The molecule has 0 aromatic carbocycles. The molecule has 2 nitrogen and oxygen atoms in total. The number of hydrogen-bond acceptors (Lipinski definition) is 3. The molecule has 0 bridgehead atoms. The molecule has 1 heterocycles. The summed E-state index contributed by atoms with van der Waals surface area (Å²) in [5, 5.41) is 11.0. The van der Waals surface area contributed by atoms with E-state index in [0.717, 1.165) is 5.75 Å². The van der Waals surface area contributed by atoms with Crippen LogP contribution in [0.5, 0.6) is 0 Å². The van der Waals surface area contributed by atoms with Gasteiger partial charge in [-0.15, -0.1) is 11.8 Å². The summed E-state index contributed by atoms with van der Waals surface area (Å²) in [6, 6.07) is 0. The predicted octanol–water partition coefficient (Wildman–Crippen LogP) is 1.94. The third-order valence-corrected chi connectivity index (χ3v) is 3.59. The molecule has 0 aromatic heterocycles. The molecule has 0 unspecified atom stereocenters. The quantitative estimate of drug-likeness (QED) is 0.587. The van der Waals surface area contributed by atoms with Gasteiger partial charge in [0.25, 0.3) is 0 Å². The van der Waals surface area contributed by atoms with Crippen LogP contribution < -0.4 is 0 Å². The van der Waals surface area contributed by atoms with Crippen LogP contribution in [0.4, 0.5) is 0 Å². The lowest BCUT2D eigenvalue weighted by atomic mass is 10.1. The molecule has 0 spiro atoms. The Morgan fingerprint density at radius 1 is 1.30 bits per heavy atom. The largest absolute Gasteiger partial charge is 0.312 e. The van der Waals surface area contributed by atoms with E-state index in [9.17, 15) is 5.21 Å². The minimum Gasteiger partial charge on any atom is -0.312 e. The summed E-state index contributed by atoms with van der Waals surface area (Å²) < 4.78 is 0. The molecule has 1 N–H and O–H groups in total. The first-order valence-corrected chi connectivity index (χ1v) is 4.48. The Kier molecular flexibility index (Phi) is 1.78. The van der Waals surface area contributed by atoms with E-state index >= 15 is 0 Å². The van der Waals surface area contributed by atoms with Gasteiger partial charge in [0.15, 0.2) is 0 Å². The van der Waals surface area contributed by atoms with Crippen LogP contribution in [-0.4, -0.2) is 26.4 Å². The fraction of sp³-hybridized carbons (Fsp3) is 1.00. The highest BCUT2D eigenvalue weighted by molar-refractivity contribution is 8.00. The molecule has 3 heteroatoms. The standard InChI is InChI=1S/C7H15NOS/c1-6(2)5-10-7(3,4)8(6)9/h9H,5H2,1-4H3. The Labute approximate surface area is 66.6 Å². The van der Waals surface area contributed by atoms with Crippen LogP contribution in [-0.2, 0) is 0 Å². The minimum absolute atomic E-state index is 0.0613. The third kappa shape index (κ3) is 1.18. The maximum absolute atomic E-state index is 9.60. The van der Waals surface area contributed by atoms with E-state index in [2.05, 4.69) is 13.8 Å². The molecular formula is C7H15NOS. The maximum Gasteiger partial charge on any atom is 0.0861 e. The van der Waals surface area contributed by atoms with Crippen molar-refractivity contribution in [1.82, 2.24) is 5.06 Å². The van der Waals surface area contributed by atoms with Crippen LogP contribution in [0.25, 0.3) is 0 Å². The molecule has 0 atom stereocenters. The average Bonchev–Trinajstić information content (AvgIpc) is 1.95. The smallest absolute Gasteiger partial charge is 0.0861 e. The second-order valence-corrected chi connectivity index (χ2v) is 5.44. The van der Waals surface area contributed by atoms with Crippen LogP contribution in [0.15, 0.2) is 0 Å². The van der Waals surface area contributed by atoms with Gasteiger partial charge in [-0.3, -0.25) is 0 Å². The zero-order valence-corrected chi connectivity index (χ0v) is 7.83. The molecule has 1 aliphatic heterocycles. The van der Waals surface area contributed by atoms with E-state index in [1.165, 1.54) is 5.06 Å². The second-order valence-electron chi connectivity index (χ2n) is 3.86. The van der Waals surface area contributed by atoms with Crippen molar-refractivity contribution < 1.29 is 5.21 Å². The van der Waals surface area contributed by atoms with Gasteiger partial charge in [0.05, 0.1) is 10.4 Å². The fourth-order valence-electron chi connectivity index (χ4n) is 1.20. The van der Waals surface area contributed by atoms with E-state index < -0.39 is 0 Å². The lowest BCUT2D eigenvalue weighted by molar-refractivity contribution is -0.178. The molecule has 1 saturated heterocycles. The number of hydrogen-bond donors (Lipinski definition) is 1. The van der Waals surface area contributed by atoms with Crippen LogP contribution in [0.1, 0.15) is 27.7 Å². The maximum atomic E-state index is 9.60.